The van der Waals surface area contributed by atoms with E-state index in [0.29, 0.717) is 22.4 Å². The summed E-state index contributed by atoms with van der Waals surface area (Å²) in [5.41, 5.74) is 5.33. The molecule has 0 fully saturated rings. The average molecular weight is 671 g/mol. The lowest BCUT2D eigenvalue weighted by Gasteiger charge is -2.31. The van der Waals surface area contributed by atoms with Crippen LogP contribution in [-0.2, 0) is 20.2 Å². The van der Waals surface area contributed by atoms with Crippen LogP contribution < -0.4 is 10.6 Å². The van der Waals surface area contributed by atoms with Crippen molar-refractivity contribution in [2.75, 3.05) is 10.6 Å². The summed E-state index contributed by atoms with van der Waals surface area (Å²) in [6.45, 7) is 0. The average Bonchev–Trinajstić information content (AvgIpc) is 3.60. The number of nitrogens with one attached hydrogen (secondary N) is 2. The number of nitriles is 2. The lowest BCUT2D eigenvalue weighted by atomic mass is 9.84. The van der Waals surface area contributed by atoms with Crippen LogP contribution in [0, 0.1) is 22.7 Å². The van der Waals surface area contributed by atoms with Crippen LogP contribution in [-0.4, -0.2) is 8.42 Å². The molecule has 7 nitrogen and oxygen atoms in total. The van der Waals surface area contributed by atoms with Gasteiger partial charge in [0.25, 0.3) is 0 Å². The molecule has 1 aliphatic heterocycles. The number of hydrogen-bond acceptors (Lipinski definition) is 7. The molecule has 0 amide bonds. The van der Waals surface area contributed by atoms with Crippen molar-refractivity contribution in [3.63, 3.8) is 0 Å². The van der Waals surface area contributed by atoms with Gasteiger partial charge in [-0.1, -0.05) is 66.7 Å². The fraction of sp³-hybridized carbons (Fsp3) is 0.0476. The number of sulfone groups is 1. The zero-order valence-corrected chi connectivity index (χ0v) is 27.6. The van der Waals surface area contributed by atoms with E-state index < -0.39 is 15.4 Å². The normalized spacial score (nSPS) is 13.5. The highest BCUT2D eigenvalue weighted by molar-refractivity contribution is 7.95. The van der Waals surface area contributed by atoms with Gasteiger partial charge in [0.1, 0.15) is 5.76 Å². The molecule has 0 atom stereocenters. The summed E-state index contributed by atoms with van der Waals surface area (Å²) < 4.78 is 36.3. The van der Waals surface area contributed by atoms with Gasteiger partial charge in [-0.2, -0.15) is 10.5 Å². The van der Waals surface area contributed by atoms with Crippen LogP contribution in [0.2, 0.25) is 0 Å². The minimum atomic E-state index is -4.05. The molecule has 0 radical (unpaired) electrons. The molecule has 50 heavy (non-hydrogen) atoms. The minimum absolute atomic E-state index is 0.0882. The molecule has 7 rings (SSSR count). The molecular formula is C42H30N4O3S. The first-order chi connectivity index (χ1) is 24.4. The second-order valence-electron chi connectivity index (χ2n) is 11.8. The van der Waals surface area contributed by atoms with Gasteiger partial charge in [-0.25, -0.2) is 8.42 Å². The van der Waals surface area contributed by atoms with Crippen molar-refractivity contribution in [3.8, 4) is 12.1 Å². The van der Waals surface area contributed by atoms with Crippen molar-refractivity contribution in [2.24, 2.45) is 0 Å². The molecule has 0 aliphatic carbocycles. The highest BCUT2D eigenvalue weighted by atomic mass is 32.2. The van der Waals surface area contributed by atoms with Gasteiger partial charge in [-0.3, -0.25) is 0 Å². The monoisotopic (exact) mass is 670 g/mol. The molecule has 8 heteroatoms. The van der Waals surface area contributed by atoms with Gasteiger partial charge >= 0.3 is 0 Å². The zero-order valence-electron chi connectivity index (χ0n) is 26.7. The van der Waals surface area contributed by atoms with Crippen LogP contribution in [0.1, 0.15) is 34.2 Å². The topological polar surface area (TPSA) is 115 Å². The van der Waals surface area contributed by atoms with Crippen LogP contribution in [0.5, 0.6) is 0 Å². The van der Waals surface area contributed by atoms with E-state index in [4.69, 9.17) is 10.00 Å². The summed E-state index contributed by atoms with van der Waals surface area (Å²) in [5.74, 6) is 0.290. The Kier molecular flexibility index (Phi) is 8.62. The Labute approximate surface area is 291 Å². The summed E-state index contributed by atoms with van der Waals surface area (Å²) in [6, 6.07) is 52.0. The van der Waals surface area contributed by atoms with Crippen molar-refractivity contribution in [1.82, 2.24) is 0 Å². The Balaban J connectivity index is 1.28. The Hall–Kier alpha value is -6.61. The van der Waals surface area contributed by atoms with Gasteiger partial charge in [0, 0.05) is 45.9 Å². The molecule has 2 N–H and O–H groups in total. The molecule has 1 aliphatic rings. The Morgan fingerprint density at radius 3 is 1.64 bits per heavy atom. The van der Waals surface area contributed by atoms with E-state index in [2.05, 4.69) is 22.8 Å². The lowest BCUT2D eigenvalue weighted by molar-refractivity contribution is 0.101. The summed E-state index contributed by atoms with van der Waals surface area (Å²) in [4.78, 5) is 0.321. The molecule has 0 saturated heterocycles. The SMILES string of the molecule is N#Cc1ccc(Nc2ccc(C3=C(S(=O)(=O)c4ccc(Nc5cccc(C#N)c5)cc4)CC(c4ccccc4)(c4ccccc4)O3)cc2)cc1. The molecule has 0 aromatic heterocycles. The Morgan fingerprint density at radius 1 is 0.560 bits per heavy atom. The predicted octanol–water partition coefficient (Wildman–Crippen LogP) is 9.42. The van der Waals surface area contributed by atoms with Crippen molar-refractivity contribution < 1.29 is 13.2 Å². The van der Waals surface area contributed by atoms with Crippen LogP contribution in [0.3, 0.4) is 0 Å². The molecule has 0 saturated carbocycles. The third-order valence-corrected chi connectivity index (χ3v) is 10.5. The van der Waals surface area contributed by atoms with Crippen LogP contribution >= 0.6 is 0 Å². The molecule has 6 aromatic carbocycles. The summed E-state index contributed by atoms with van der Waals surface area (Å²) in [7, 11) is -4.05. The first kappa shape index (κ1) is 32.0. The van der Waals surface area contributed by atoms with E-state index in [-0.39, 0.29) is 22.0 Å². The third kappa shape index (κ3) is 6.32. The summed E-state index contributed by atoms with van der Waals surface area (Å²) in [6.07, 6.45) is 0.0882. The number of hydrogen-bond donors (Lipinski definition) is 2. The van der Waals surface area contributed by atoms with E-state index >= 15 is 0 Å². The van der Waals surface area contributed by atoms with Crippen LogP contribution in [0.15, 0.2) is 168 Å². The maximum Gasteiger partial charge on any atom is 0.206 e. The smallest absolute Gasteiger partial charge is 0.206 e. The van der Waals surface area contributed by atoms with E-state index in [1.165, 1.54) is 0 Å². The molecule has 6 aromatic rings. The van der Waals surface area contributed by atoms with Gasteiger partial charge in [0.2, 0.25) is 9.84 Å². The first-order valence-corrected chi connectivity index (χ1v) is 17.4. The minimum Gasteiger partial charge on any atom is -0.476 e. The van der Waals surface area contributed by atoms with E-state index in [1.807, 2.05) is 103 Å². The number of anilines is 4. The van der Waals surface area contributed by atoms with Crippen molar-refractivity contribution >= 4 is 38.3 Å². The van der Waals surface area contributed by atoms with Gasteiger partial charge in [0.15, 0.2) is 5.60 Å². The molecule has 0 unspecified atom stereocenters. The van der Waals surface area contributed by atoms with Crippen LogP contribution in [0.4, 0.5) is 22.7 Å². The largest absolute Gasteiger partial charge is 0.476 e. The van der Waals surface area contributed by atoms with Gasteiger partial charge in [-0.05, 0) is 91.0 Å². The highest BCUT2D eigenvalue weighted by Crippen LogP contribution is 2.52. The second-order valence-corrected chi connectivity index (χ2v) is 13.8. The molecular weight excluding hydrogens is 641 g/mol. The van der Waals surface area contributed by atoms with E-state index in [0.717, 1.165) is 28.2 Å². The Bertz CT molecular complexity index is 2340. The highest BCUT2D eigenvalue weighted by Gasteiger charge is 2.48. The second kappa shape index (κ2) is 13.5. The maximum atomic E-state index is 14.7. The molecule has 242 valence electrons. The molecule has 0 spiro atoms. The summed E-state index contributed by atoms with van der Waals surface area (Å²) in [5, 5.41) is 25.0. The fourth-order valence-electron chi connectivity index (χ4n) is 6.11. The van der Waals surface area contributed by atoms with Crippen molar-refractivity contribution in [1.29, 1.82) is 10.5 Å². The van der Waals surface area contributed by atoms with E-state index in [9.17, 15) is 13.7 Å². The maximum absolute atomic E-state index is 14.7. The molecule has 1 heterocycles. The third-order valence-electron chi connectivity index (χ3n) is 8.64. The van der Waals surface area contributed by atoms with Crippen molar-refractivity contribution in [3.05, 3.63) is 190 Å². The number of rotatable bonds is 9. The quantitative estimate of drug-likeness (QED) is 0.157. The number of ether oxygens (including phenoxy) is 1. The van der Waals surface area contributed by atoms with Gasteiger partial charge in [0.05, 0.1) is 33.1 Å². The molecule has 0 bridgehead atoms. The number of benzene rings is 6. The zero-order chi connectivity index (χ0) is 34.6. The first-order valence-electron chi connectivity index (χ1n) is 15.9. The lowest BCUT2D eigenvalue weighted by Crippen LogP contribution is -2.27. The predicted molar refractivity (Wildman–Crippen MR) is 195 cm³/mol. The standard InChI is InChI=1S/C42H30N4O3S/c43-28-30-14-18-35(19-15-30)45-36-20-16-32(17-21-36)41-40(27-42(49-41,33-9-3-1-4-10-33)34-11-5-2-6-12-34)50(47,48)39-24-22-37(23-25-39)46-38-13-7-8-31(26-38)29-44/h1-26,45-46H,27H2. The van der Waals surface area contributed by atoms with Gasteiger partial charge < -0.3 is 15.4 Å². The Morgan fingerprint density at radius 2 is 1.08 bits per heavy atom. The van der Waals surface area contributed by atoms with Gasteiger partial charge in [-0.15, -0.1) is 0 Å². The summed E-state index contributed by atoms with van der Waals surface area (Å²) >= 11 is 0. The number of nitrogens with zero attached hydrogens (tertiary/aromatic N) is 2. The fourth-order valence-corrected chi connectivity index (χ4v) is 7.68. The van der Waals surface area contributed by atoms with Crippen molar-refractivity contribution in [2.45, 2.75) is 16.9 Å². The van der Waals surface area contributed by atoms with Crippen LogP contribution in [0.25, 0.3) is 5.76 Å². The van der Waals surface area contributed by atoms with E-state index in [1.54, 1.807) is 54.6 Å².